The Labute approximate surface area is 134 Å². The molecule has 130 valence electrons. The molecular formula is C19H42O2. The van der Waals surface area contributed by atoms with Crippen LogP contribution < -0.4 is 0 Å². The van der Waals surface area contributed by atoms with Crippen LogP contribution in [0.3, 0.4) is 0 Å². The van der Waals surface area contributed by atoms with Crippen LogP contribution in [0.1, 0.15) is 111 Å². The minimum Gasteiger partial charge on any atom is -0.393 e. The number of aliphatic hydroxyl groups is 2. The zero-order chi connectivity index (χ0) is 16.3. The molecule has 0 aromatic heterocycles. The van der Waals surface area contributed by atoms with E-state index >= 15 is 0 Å². The first-order chi connectivity index (χ1) is 10.0. The summed E-state index contributed by atoms with van der Waals surface area (Å²) in [6.45, 7) is 8.17. The maximum atomic E-state index is 8.99. The maximum absolute atomic E-state index is 8.99. The minimum atomic E-state index is -0.0966. The normalized spacial score (nSPS) is 13.4. The predicted octanol–water partition coefficient (Wildman–Crippen LogP) is 5.85. The molecule has 0 amide bonds. The van der Waals surface area contributed by atoms with E-state index in [2.05, 4.69) is 13.8 Å². The maximum Gasteiger partial charge on any atom is 0.0512 e. The van der Waals surface area contributed by atoms with Crippen molar-refractivity contribution in [1.82, 2.24) is 0 Å². The first kappa shape index (κ1) is 23.2. The molecule has 0 rings (SSSR count). The van der Waals surface area contributed by atoms with E-state index in [9.17, 15) is 0 Å². The summed E-state index contributed by atoms with van der Waals surface area (Å²) in [5.74, 6) is 0. The van der Waals surface area contributed by atoms with Gasteiger partial charge in [-0.25, -0.2) is 0 Å². The fraction of sp³-hybridized carbons (Fsp3) is 1.00. The molecule has 2 unspecified atom stereocenters. The fourth-order valence-electron chi connectivity index (χ4n) is 2.26. The summed E-state index contributed by atoms with van der Waals surface area (Å²) in [4.78, 5) is 0. The van der Waals surface area contributed by atoms with Crippen molar-refractivity contribution >= 4 is 0 Å². The Morgan fingerprint density at radius 1 is 0.524 bits per heavy atom. The van der Waals surface area contributed by atoms with E-state index in [4.69, 9.17) is 10.2 Å². The molecule has 0 aliphatic carbocycles. The van der Waals surface area contributed by atoms with Gasteiger partial charge in [0.25, 0.3) is 0 Å². The minimum absolute atomic E-state index is 0.0955. The van der Waals surface area contributed by atoms with Gasteiger partial charge in [-0.05, 0) is 26.7 Å². The van der Waals surface area contributed by atoms with E-state index in [1.54, 1.807) is 0 Å². The molecule has 0 radical (unpaired) electrons. The molecule has 0 saturated heterocycles. The lowest BCUT2D eigenvalue weighted by atomic mass is 10.1. The molecule has 0 aromatic carbocycles. The fourth-order valence-corrected chi connectivity index (χ4v) is 2.26. The third-order valence-corrected chi connectivity index (χ3v) is 3.70. The smallest absolute Gasteiger partial charge is 0.0512 e. The lowest BCUT2D eigenvalue weighted by molar-refractivity contribution is 0.180. The van der Waals surface area contributed by atoms with E-state index in [0.717, 1.165) is 12.8 Å². The van der Waals surface area contributed by atoms with Crippen LogP contribution >= 0.6 is 0 Å². The SMILES string of the molecule is CCCCCCC(C)O.CCCCCCCCCC(C)O. The molecule has 0 heterocycles. The van der Waals surface area contributed by atoms with Gasteiger partial charge in [0, 0.05) is 0 Å². The van der Waals surface area contributed by atoms with E-state index in [-0.39, 0.29) is 12.2 Å². The van der Waals surface area contributed by atoms with Crippen LogP contribution in [0.4, 0.5) is 0 Å². The first-order valence-corrected chi connectivity index (χ1v) is 9.40. The van der Waals surface area contributed by atoms with Crippen molar-refractivity contribution in [2.75, 3.05) is 0 Å². The molecule has 0 aliphatic rings. The molecule has 2 heteroatoms. The molecule has 2 N–H and O–H groups in total. The van der Waals surface area contributed by atoms with Crippen molar-refractivity contribution in [3.05, 3.63) is 0 Å². The van der Waals surface area contributed by atoms with E-state index in [1.165, 1.54) is 70.6 Å². The van der Waals surface area contributed by atoms with Gasteiger partial charge in [0.05, 0.1) is 12.2 Å². The molecule has 0 fully saturated rings. The summed E-state index contributed by atoms with van der Waals surface area (Å²) in [7, 11) is 0. The Bertz CT molecular complexity index is 167. The number of hydrogen-bond donors (Lipinski definition) is 2. The Balaban J connectivity index is 0. The van der Waals surface area contributed by atoms with Crippen molar-refractivity contribution in [2.45, 2.75) is 123 Å². The lowest BCUT2D eigenvalue weighted by Gasteiger charge is -2.03. The van der Waals surface area contributed by atoms with Crippen LogP contribution in [0, 0.1) is 0 Å². The average molecular weight is 303 g/mol. The highest BCUT2D eigenvalue weighted by molar-refractivity contribution is 4.49. The molecule has 0 aliphatic heterocycles. The number of aliphatic hydroxyl groups excluding tert-OH is 2. The number of rotatable bonds is 13. The summed E-state index contributed by atoms with van der Waals surface area (Å²) < 4.78 is 0. The van der Waals surface area contributed by atoms with Crippen molar-refractivity contribution in [2.24, 2.45) is 0 Å². The van der Waals surface area contributed by atoms with Crippen LogP contribution in [0.2, 0.25) is 0 Å². The standard InChI is InChI=1S/C11H24O.C8H18O/c1-3-4-5-6-7-8-9-10-11(2)12;1-3-4-5-6-7-8(2)9/h11-12H,3-10H2,1-2H3;8-9H,3-7H2,1-2H3. The highest BCUT2D eigenvalue weighted by atomic mass is 16.3. The summed E-state index contributed by atoms with van der Waals surface area (Å²) in [5.41, 5.74) is 0. The molecule has 0 saturated carbocycles. The monoisotopic (exact) mass is 302 g/mol. The Kier molecular flexibility index (Phi) is 22.0. The lowest BCUT2D eigenvalue weighted by Crippen LogP contribution is -1.98. The first-order valence-electron chi connectivity index (χ1n) is 9.40. The Morgan fingerprint density at radius 3 is 1.14 bits per heavy atom. The van der Waals surface area contributed by atoms with Gasteiger partial charge in [0.2, 0.25) is 0 Å². The molecule has 2 atom stereocenters. The van der Waals surface area contributed by atoms with Gasteiger partial charge in [0.15, 0.2) is 0 Å². The van der Waals surface area contributed by atoms with Crippen molar-refractivity contribution in [3.63, 3.8) is 0 Å². The second kappa shape index (κ2) is 19.9. The molecule has 0 aromatic rings. The molecule has 0 bridgehead atoms. The highest BCUT2D eigenvalue weighted by Gasteiger charge is 1.95. The third kappa shape index (κ3) is 28.7. The van der Waals surface area contributed by atoms with Crippen molar-refractivity contribution < 1.29 is 10.2 Å². The Hall–Kier alpha value is -0.0800. The van der Waals surface area contributed by atoms with E-state index < -0.39 is 0 Å². The summed E-state index contributed by atoms with van der Waals surface area (Å²) >= 11 is 0. The molecule has 21 heavy (non-hydrogen) atoms. The quantitative estimate of drug-likeness (QED) is 0.419. The second-order valence-corrected chi connectivity index (χ2v) is 6.46. The van der Waals surface area contributed by atoms with Gasteiger partial charge in [-0.1, -0.05) is 84.5 Å². The zero-order valence-corrected chi connectivity index (χ0v) is 15.2. The van der Waals surface area contributed by atoms with Gasteiger partial charge < -0.3 is 10.2 Å². The Morgan fingerprint density at radius 2 is 0.810 bits per heavy atom. The second-order valence-electron chi connectivity index (χ2n) is 6.46. The molecule has 0 spiro atoms. The predicted molar refractivity (Wildman–Crippen MR) is 94.7 cm³/mol. The molecular weight excluding hydrogens is 260 g/mol. The van der Waals surface area contributed by atoms with Crippen LogP contribution in [0.15, 0.2) is 0 Å². The number of unbranched alkanes of at least 4 members (excludes halogenated alkanes) is 9. The third-order valence-electron chi connectivity index (χ3n) is 3.70. The zero-order valence-electron chi connectivity index (χ0n) is 15.2. The molecule has 2 nitrogen and oxygen atoms in total. The van der Waals surface area contributed by atoms with Crippen LogP contribution in [0.25, 0.3) is 0 Å². The van der Waals surface area contributed by atoms with E-state index in [1.807, 2.05) is 13.8 Å². The largest absolute Gasteiger partial charge is 0.393 e. The summed E-state index contributed by atoms with van der Waals surface area (Å²) in [6, 6.07) is 0. The van der Waals surface area contributed by atoms with Crippen molar-refractivity contribution in [1.29, 1.82) is 0 Å². The van der Waals surface area contributed by atoms with Crippen LogP contribution in [-0.4, -0.2) is 22.4 Å². The van der Waals surface area contributed by atoms with Gasteiger partial charge in [-0.2, -0.15) is 0 Å². The van der Waals surface area contributed by atoms with Gasteiger partial charge in [-0.15, -0.1) is 0 Å². The number of hydrogen-bond acceptors (Lipinski definition) is 2. The van der Waals surface area contributed by atoms with Gasteiger partial charge in [0.1, 0.15) is 0 Å². The summed E-state index contributed by atoms with van der Waals surface area (Å²) in [6.07, 6.45) is 16.2. The van der Waals surface area contributed by atoms with Crippen molar-refractivity contribution in [3.8, 4) is 0 Å². The van der Waals surface area contributed by atoms with Gasteiger partial charge >= 0.3 is 0 Å². The highest BCUT2D eigenvalue weighted by Crippen LogP contribution is 2.09. The van der Waals surface area contributed by atoms with Gasteiger partial charge in [-0.3, -0.25) is 0 Å². The van der Waals surface area contributed by atoms with Crippen LogP contribution in [-0.2, 0) is 0 Å². The summed E-state index contributed by atoms with van der Waals surface area (Å²) in [5, 5.41) is 17.8. The average Bonchev–Trinajstić information content (AvgIpc) is 2.43. The van der Waals surface area contributed by atoms with Crippen LogP contribution in [0.5, 0.6) is 0 Å². The van der Waals surface area contributed by atoms with E-state index in [0.29, 0.717) is 0 Å². The topological polar surface area (TPSA) is 40.5 Å².